The second kappa shape index (κ2) is 7.95. The van der Waals surface area contributed by atoms with Gasteiger partial charge in [-0.05, 0) is 55.4 Å². The molecule has 0 atom stereocenters. The number of amides is 1. The Balaban J connectivity index is 1.27. The number of nitrogens with zero attached hydrogens (tertiary/aromatic N) is 1. The molecule has 0 radical (unpaired) electrons. The third-order valence-corrected chi connectivity index (χ3v) is 5.71. The van der Waals surface area contributed by atoms with Crippen molar-refractivity contribution in [3.63, 3.8) is 0 Å². The first-order valence-electron chi connectivity index (χ1n) is 9.82. The van der Waals surface area contributed by atoms with Crippen LogP contribution in [0.1, 0.15) is 40.7 Å². The number of likely N-dealkylation sites (tertiary alicyclic amines) is 1. The van der Waals surface area contributed by atoms with Crippen molar-refractivity contribution in [3.8, 4) is 5.75 Å². The van der Waals surface area contributed by atoms with E-state index in [1.165, 1.54) is 17.5 Å². The highest BCUT2D eigenvalue weighted by atomic mass is 16.5. The van der Waals surface area contributed by atoms with Gasteiger partial charge in [-0.15, -0.1) is 0 Å². The number of hydrogen-bond donors (Lipinski definition) is 0. The number of carbonyl (C=O) groups excluding carboxylic acids is 2. The van der Waals surface area contributed by atoms with Crippen molar-refractivity contribution in [1.82, 2.24) is 4.90 Å². The summed E-state index contributed by atoms with van der Waals surface area (Å²) in [5.74, 6) is 0.977. The van der Waals surface area contributed by atoms with E-state index in [1.54, 1.807) is 0 Å². The average molecular weight is 363 g/mol. The second-order valence-corrected chi connectivity index (χ2v) is 7.46. The molecule has 4 rings (SSSR count). The lowest BCUT2D eigenvalue weighted by atomic mass is 9.89. The number of benzene rings is 2. The Labute approximate surface area is 160 Å². The Hall–Kier alpha value is -2.62. The molecule has 1 fully saturated rings. The van der Waals surface area contributed by atoms with E-state index < -0.39 is 0 Å². The van der Waals surface area contributed by atoms with Gasteiger partial charge in [-0.3, -0.25) is 9.59 Å². The molecule has 27 heavy (non-hydrogen) atoms. The summed E-state index contributed by atoms with van der Waals surface area (Å²) in [5.41, 5.74) is 3.52. The smallest absolute Gasteiger partial charge is 0.260 e. The minimum absolute atomic E-state index is 0.00103. The van der Waals surface area contributed by atoms with E-state index in [0.717, 1.165) is 37.0 Å². The predicted molar refractivity (Wildman–Crippen MR) is 104 cm³/mol. The number of ketones is 1. The lowest BCUT2D eigenvalue weighted by molar-refractivity contribution is -0.134. The van der Waals surface area contributed by atoms with E-state index in [-0.39, 0.29) is 24.2 Å². The molecule has 4 nitrogen and oxygen atoms in total. The Morgan fingerprint density at radius 2 is 1.70 bits per heavy atom. The highest BCUT2D eigenvalue weighted by molar-refractivity contribution is 5.98. The van der Waals surface area contributed by atoms with Crippen LogP contribution in [0.5, 0.6) is 5.75 Å². The fraction of sp³-hybridized carbons (Fsp3) is 0.391. The van der Waals surface area contributed by atoms with Crippen molar-refractivity contribution < 1.29 is 14.3 Å². The summed E-state index contributed by atoms with van der Waals surface area (Å²) < 4.78 is 5.73. The maximum atomic E-state index is 12.6. The molecule has 140 valence electrons. The van der Waals surface area contributed by atoms with E-state index in [4.69, 9.17) is 4.74 Å². The number of aryl methyl sites for hydroxylation is 2. The van der Waals surface area contributed by atoms with Crippen LogP contribution in [0.4, 0.5) is 0 Å². The summed E-state index contributed by atoms with van der Waals surface area (Å²) in [7, 11) is 0. The van der Waals surface area contributed by atoms with Crippen LogP contribution in [0.2, 0.25) is 0 Å². The molecule has 1 amide bonds. The van der Waals surface area contributed by atoms with Crippen molar-refractivity contribution in [1.29, 1.82) is 0 Å². The third kappa shape index (κ3) is 4.05. The maximum Gasteiger partial charge on any atom is 0.260 e. The fourth-order valence-electron chi connectivity index (χ4n) is 4.10. The third-order valence-electron chi connectivity index (χ3n) is 5.71. The van der Waals surface area contributed by atoms with Gasteiger partial charge < -0.3 is 9.64 Å². The van der Waals surface area contributed by atoms with Crippen LogP contribution in [0.25, 0.3) is 0 Å². The molecule has 0 aromatic heterocycles. The van der Waals surface area contributed by atoms with Crippen molar-refractivity contribution in [3.05, 3.63) is 65.2 Å². The minimum atomic E-state index is 0.00103. The average Bonchev–Trinajstić information content (AvgIpc) is 3.20. The van der Waals surface area contributed by atoms with E-state index >= 15 is 0 Å². The molecule has 4 heteroatoms. The molecule has 0 bridgehead atoms. The van der Waals surface area contributed by atoms with Crippen LogP contribution in [0.3, 0.4) is 0 Å². The second-order valence-electron chi connectivity index (χ2n) is 7.46. The van der Waals surface area contributed by atoms with Crippen molar-refractivity contribution in [2.24, 2.45) is 5.92 Å². The van der Waals surface area contributed by atoms with Gasteiger partial charge in [-0.25, -0.2) is 0 Å². The zero-order chi connectivity index (χ0) is 18.6. The van der Waals surface area contributed by atoms with Crippen LogP contribution >= 0.6 is 0 Å². The molecule has 2 aromatic rings. The lowest BCUT2D eigenvalue weighted by Gasteiger charge is -2.31. The summed E-state index contributed by atoms with van der Waals surface area (Å²) in [6.07, 6.45) is 4.89. The van der Waals surface area contributed by atoms with Gasteiger partial charge in [0.15, 0.2) is 12.4 Å². The number of hydrogen-bond acceptors (Lipinski definition) is 3. The number of piperidine rings is 1. The highest BCUT2D eigenvalue weighted by Gasteiger charge is 2.28. The van der Waals surface area contributed by atoms with Crippen LogP contribution in [0.15, 0.2) is 48.5 Å². The number of ether oxygens (including phenoxy) is 1. The van der Waals surface area contributed by atoms with E-state index in [1.807, 2.05) is 41.3 Å². The van der Waals surface area contributed by atoms with Crippen molar-refractivity contribution in [2.45, 2.75) is 32.1 Å². The first-order valence-corrected chi connectivity index (χ1v) is 9.82. The fourth-order valence-corrected chi connectivity index (χ4v) is 4.10. The number of rotatable bonds is 5. The van der Waals surface area contributed by atoms with Gasteiger partial charge in [0.1, 0.15) is 5.75 Å². The Morgan fingerprint density at radius 3 is 2.48 bits per heavy atom. The van der Waals surface area contributed by atoms with Crippen LogP contribution in [0, 0.1) is 5.92 Å². The first kappa shape index (κ1) is 17.8. The zero-order valence-corrected chi connectivity index (χ0v) is 15.5. The number of fused-ring (bicyclic) bond motifs is 1. The quantitative estimate of drug-likeness (QED) is 0.762. The summed E-state index contributed by atoms with van der Waals surface area (Å²) in [5, 5.41) is 0. The largest absolute Gasteiger partial charge is 0.484 e. The maximum absolute atomic E-state index is 12.6. The molecule has 0 saturated carbocycles. The topological polar surface area (TPSA) is 46.6 Å². The molecule has 2 aromatic carbocycles. The molecule has 0 unspecified atom stereocenters. The Kier molecular flexibility index (Phi) is 5.23. The summed E-state index contributed by atoms with van der Waals surface area (Å²) in [6, 6.07) is 15.6. The van der Waals surface area contributed by atoms with Crippen molar-refractivity contribution in [2.75, 3.05) is 19.7 Å². The minimum Gasteiger partial charge on any atom is -0.484 e. The molecular weight excluding hydrogens is 338 g/mol. The van der Waals surface area contributed by atoms with Gasteiger partial charge >= 0.3 is 0 Å². The van der Waals surface area contributed by atoms with Crippen molar-refractivity contribution >= 4 is 11.7 Å². The molecule has 1 aliphatic carbocycles. The van der Waals surface area contributed by atoms with Gasteiger partial charge in [0.2, 0.25) is 0 Å². The predicted octanol–water partition coefficient (Wildman–Crippen LogP) is 3.68. The van der Waals surface area contributed by atoms with Crippen LogP contribution in [-0.2, 0) is 17.6 Å². The summed E-state index contributed by atoms with van der Waals surface area (Å²) in [4.78, 5) is 26.8. The molecule has 1 saturated heterocycles. The first-order chi connectivity index (χ1) is 13.2. The number of Topliss-reactive ketones (excluding diaryl/α,β-unsaturated/α-hetero) is 1. The lowest BCUT2D eigenvalue weighted by Crippen LogP contribution is -2.42. The van der Waals surface area contributed by atoms with E-state index in [0.29, 0.717) is 13.1 Å². The van der Waals surface area contributed by atoms with Gasteiger partial charge in [-0.2, -0.15) is 0 Å². The molecule has 1 aliphatic heterocycles. The molecule has 2 aliphatic rings. The zero-order valence-electron chi connectivity index (χ0n) is 15.5. The van der Waals surface area contributed by atoms with Crippen LogP contribution < -0.4 is 4.74 Å². The summed E-state index contributed by atoms with van der Waals surface area (Å²) >= 11 is 0. The van der Waals surface area contributed by atoms with Gasteiger partial charge in [-0.1, -0.05) is 36.4 Å². The Bertz CT molecular complexity index is 823. The molecule has 1 heterocycles. The highest BCUT2D eigenvalue weighted by Crippen LogP contribution is 2.26. The molecule has 0 N–H and O–H groups in total. The SMILES string of the molecule is O=C(c1ccccc1)C1CCN(C(=O)COc2ccc3c(c2)CCC3)CC1. The van der Waals surface area contributed by atoms with E-state index in [9.17, 15) is 9.59 Å². The standard InChI is InChI=1S/C23H25NO3/c25-22(16-27-21-10-9-17-7-4-8-20(17)15-21)24-13-11-19(12-14-24)23(26)18-5-2-1-3-6-18/h1-3,5-6,9-10,15,19H,4,7-8,11-14,16H2. The van der Waals surface area contributed by atoms with E-state index in [2.05, 4.69) is 12.1 Å². The monoisotopic (exact) mass is 363 g/mol. The number of carbonyl (C=O) groups is 2. The summed E-state index contributed by atoms with van der Waals surface area (Å²) in [6.45, 7) is 1.31. The molecule has 0 spiro atoms. The Morgan fingerprint density at radius 1 is 0.963 bits per heavy atom. The van der Waals surface area contributed by atoms with Crippen LogP contribution in [-0.4, -0.2) is 36.3 Å². The molecular formula is C23H25NO3. The van der Waals surface area contributed by atoms with Gasteiger partial charge in [0, 0.05) is 24.6 Å². The van der Waals surface area contributed by atoms with Gasteiger partial charge in [0.25, 0.3) is 5.91 Å². The van der Waals surface area contributed by atoms with Gasteiger partial charge in [0.05, 0.1) is 0 Å². The normalized spacial score (nSPS) is 16.8.